The van der Waals surface area contributed by atoms with E-state index in [1.807, 2.05) is 56.3 Å². The molecule has 0 aliphatic carbocycles. The van der Waals surface area contributed by atoms with Crippen LogP contribution in [0, 0.1) is 6.92 Å². The van der Waals surface area contributed by atoms with E-state index in [-0.39, 0.29) is 36.3 Å². The predicted molar refractivity (Wildman–Crippen MR) is 158 cm³/mol. The third-order valence-corrected chi connectivity index (χ3v) is 7.17. The van der Waals surface area contributed by atoms with Gasteiger partial charge in [0.05, 0.1) is 17.4 Å². The summed E-state index contributed by atoms with van der Waals surface area (Å²) < 4.78 is 1.50. The lowest BCUT2D eigenvalue weighted by molar-refractivity contribution is -0.135. The number of hydrogen-bond donors (Lipinski definition) is 1. The molecule has 0 aliphatic heterocycles. The van der Waals surface area contributed by atoms with Gasteiger partial charge in [-0.25, -0.2) is 4.98 Å². The van der Waals surface area contributed by atoms with Crippen molar-refractivity contribution in [2.45, 2.75) is 32.9 Å². The molecule has 9 heteroatoms. The minimum Gasteiger partial charge on any atom is -0.344 e. The van der Waals surface area contributed by atoms with Gasteiger partial charge in [0.2, 0.25) is 0 Å². The number of likely N-dealkylation sites (N-methyl/N-ethyl adjacent to an activating group) is 1. The summed E-state index contributed by atoms with van der Waals surface area (Å²) in [6.45, 7) is 4.89. The molecule has 1 aromatic heterocycles. The Morgan fingerprint density at radius 1 is 1.05 bits per heavy atom. The van der Waals surface area contributed by atoms with Gasteiger partial charge in [0, 0.05) is 30.7 Å². The topological polar surface area (TPSA) is 102 Å². The highest BCUT2D eigenvalue weighted by atomic mass is 35.5. The van der Waals surface area contributed by atoms with E-state index in [9.17, 15) is 14.4 Å². The fraction of sp³-hybridized carbons (Fsp3) is 0.290. The second-order valence-electron chi connectivity index (χ2n) is 9.77. The molecule has 2 N–H and O–H groups in total. The van der Waals surface area contributed by atoms with Gasteiger partial charge in [-0.2, -0.15) is 0 Å². The van der Waals surface area contributed by atoms with Gasteiger partial charge >= 0.3 is 0 Å². The van der Waals surface area contributed by atoms with Crippen molar-refractivity contribution in [1.82, 2.24) is 19.4 Å². The zero-order valence-corrected chi connectivity index (χ0v) is 23.8. The average molecular weight is 560 g/mol. The first-order valence-corrected chi connectivity index (χ1v) is 13.7. The molecule has 8 nitrogen and oxygen atoms in total. The van der Waals surface area contributed by atoms with Crippen LogP contribution < -0.4 is 11.3 Å². The zero-order chi connectivity index (χ0) is 28.8. The molecular weight excluding hydrogens is 526 g/mol. The fourth-order valence-electron chi connectivity index (χ4n) is 4.56. The van der Waals surface area contributed by atoms with E-state index < -0.39 is 6.04 Å². The quantitative estimate of drug-likeness (QED) is 0.310. The van der Waals surface area contributed by atoms with Gasteiger partial charge in [-0.15, -0.1) is 0 Å². The van der Waals surface area contributed by atoms with Crippen LogP contribution in [-0.2, 0) is 11.3 Å². The first-order chi connectivity index (χ1) is 19.2. The monoisotopic (exact) mass is 559 g/mol. The molecule has 4 rings (SSSR count). The van der Waals surface area contributed by atoms with E-state index in [1.54, 1.807) is 37.4 Å². The maximum absolute atomic E-state index is 14.1. The van der Waals surface area contributed by atoms with E-state index >= 15 is 0 Å². The van der Waals surface area contributed by atoms with Crippen molar-refractivity contribution in [3.05, 3.63) is 111 Å². The molecule has 3 aromatic carbocycles. The maximum atomic E-state index is 14.1. The SMILES string of the molecule is CCN(C)C(=O)C(c1nc2cc(Cl)ccc2c(=O)n1Cc1ccccc1)N(CCCN)C(=O)c1ccc(C)cc1. The molecular formula is C31H34ClN5O3. The van der Waals surface area contributed by atoms with Gasteiger partial charge in [0.1, 0.15) is 5.82 Å². The summed E-state index contributed by atoms with van der Waals surface area (Å²) in [5.41, 5.74) is 8.20. The van der Waals surface area contributed by atoms with Gasteiger partial charge < -0.3 is 15.5 Å². The molecule has 0 bridgehead atoms. The highest BCUT2D eigenvalue weighted by molar-refractivity contribution is 6.31. The Kier molecular flexibility index (Phi) is 9.34. The second-order valence-corrected chi connectivity index (χ2v) is 10.2. The van der Waals surface area contributed by atoms with Crippen molar-refractivity contribution in [2.75, 3.05) is 26.7 Å². The number of rotatable bonds is 10. The number of halogens is 1. The number of nitrogens with zero attached hydrogens (tertiary/aromatic N) is 4. The number of fused-ring (bicyclic) bond motifs is 1. The third kappa shape index (κ3) is 6.24. The van der Waals surface area contributed by atoms with E-state index in [1.165, 1.54) is 14.4 Å². The molecule has 1 unspecified atom stereocenters. The van der Waals surface area contributed by atoms with Crippen LogP contribution in [0.1, 0.15) is 46.7 Å². The third-order valence-electron chi connectivity index (χ3n) is 6.93. The molecule has 2 amide bonds. The standard InChI is InChI=1S/C31H34ClN5O3/c1-4-35(3)31(40)27(36(18-8-17-33)29(38)23-13-11-21(2)12-14-23)28-34-26-19-24(32)15-16-25(26)30(39)37(28)20-22-9-6-5-7-10-22/h5-7,9-16,19,27H,4,8,17-18,20,33H2,1-3H3. The van der Waals surface area contributed by atoms with Gasteiger partial charge in [-0.1, -0.05) is 59.6 Å². The highest BCUT2D eigenvalue weighted by Gasteiger charge is 2.37. The van der Waals surface area contributed by atoms with Crippen molar-refractivity contribution >= 4 is 34.3 Å². The summed E-state index contributed by atoms with van der Waals surface area (Å²) >= 11 is 6.28. The van der Waals surface area contributed by atoms with Crippen molar-refractivity contribution in [2.24, 2.45) is 5.73 Å². The number of carbonyl (C=O) groups excluding carboxylic acids is 2. The van der Waals surface area contributed by atoms with Crippen molar-refractivity contribution < 1.29 is 9.59 Å². The Morgan fingerprint density at radius 2 is 1.75 bits per heavy atom. The van der Waals surface area contributed by atoms with Crippen LogP contribution >= 0.6 is 11.6 Å². The molecule has 4 aromatic rings. The number of aryl methyl sites for hydroxylation is 1. The molecule has 0 saturated carbocycles. The maximum Gasteiger partial charge on any atom is 0.261 e. The lowest BCUT2D eigenvalue weighted by Crippen LogP contribution is -2.47. The summed E-state index contributed by atoms with van der Waals surface area (Å²) in [4.78, 5) is 50.0. The van der Waals surface area contributed by atoms with Gasteiger partial charge in [0.25, 0.3) is 17.4 Å². The highest BCUT2D eigenvalue weighted by Crippen LogP contribution is 2.27. The fourth-order valence-corrected chi connectivity index (χ4v) is 4.72. The Bertz CT molecular complexity index is 1550. The number of benzene rings is 3. The molecule has 1 atom stereocenters. The number of nitrogens with two attached hydrogens (primary N) is 1. The summed E-state index contributed by atoms with van der Waals surface area (Å²) in [5.74, 6) is -0.524. The second kappa shape index (κ2) is 12.9. The lowest BCUT2D eigenvalue weighted by atomic mass is 10.1. The van der Waals surface area contributed by atoms with Crippen LogP contribution in [0.4, 0.5) is 0 Å². The van der Waals surface area contributed by atoms with Crippen molar-refractivity contribution in [3.63, 3.8) is 0 Å². The minimum absolute atomic E-state index is 0.170. The van der Waals surface area contributed by atoms with Gasteiger partial charge in [-0.05, 0) is 62.7 Å². The van der Waals surface area contributed by atoms with E-state index in [2.05, 4.69) is 0 Å². The van der Waals surface area contributed by atoms with Gasteiger partial charge in [0.15, 0.2) is 6.04 Å². The van der Waals surface area contributed by atoms with Crippen molar-refractivity contribution in [1.29, 1.82) is 0 Å². The Hall–Kier alpha value is -4.01. The Labute approximate surface area is 239 Å². The molecule has 1 heterocycles. The van der Waals surface area contributed by atoms with Crippen LogP contribution in [0.25, 0.3) is 10.9 Å². The zero-order valence-electron chi connectivity index (χ0n) is 23.0. The molecule has 0 radical (unpaired) electrons. The van der Waals surface area contributed by atoms with Crippen LogP contribution in [0.3, 0.4) is 0 Å². The first-order valence-electron chi connectivity index (χ1n) is 13.3. The Balaban J connectivity index is 2.00. The molecule has 0 spiro atoms. The lowest BCUT2D eigenvalue weighted by Gasteiger charge is -2.34. The molecule has 40 heavy (non-hydrogen) atoms. The summed E-state index contributed by atoms with van der Waals surface area (Å²) in [7, 11) is 1.67. The molecule has 0 aliphatic rings. The number of aromatic nitrogens is 2. The minimum atomic E-state index is -1.18. The van der Waals surface area contributed by atoms with E-state index in [4.69, 9.17) is 22.3 Å². The number of amides is 2. The molecule has 0 fully saturated rings. The Morgan fingerprint density at radius 3 is 2.40 bits per heavy atom. The summed E-state index contributed by atoms with van der Waals surface area (Å²) in [6.07, 6.45) is 0.458. The average Bonchev–Trinajstić information content (AvgIpc) is 2.96. The normalized spacial score (nSPS) is 11.8. The van der Waals surface area contributed by atoms with E-state index in [0.29, 0.717) is 41.0 Å². The predicted octanol–water partition coefficient (Wildman–Crippen LogP) is 4.42. The number of hydrogen-bond acceptors (Lipinski definition) is 5. The smallest absolute Gasteiger partial charge is 0.261 e. The molecule has 208 valence electrons. The van der Waals surface area contributed by atoms with Crippen LogP contribution in [0.5, 0.6) is 0 Å². The molecule has 0 saturated heterocycles. The summed E-state index contributed by atoms with van der Waals surface area (Å²) in [6, 6.07) is 20.4. The van der Waals surface area contributed by atoms with E-state index in [0.717, 1.165) is 11.1 Å². The van der Waals surface area contributed by atoms with Crippen LogP contribution in [0.2, 0.25) is 5.02 Å². The van der Waals surface area contributed by atoms with Crippen LogP contribution in [-0.4, -0.2) is 57.8 Å². The number of carbonyl (C=O) groups is 2. The summed E-state index contributed by atoms with van der Waals surface area (Å²) in [5, 5.41) is 0.785. The largest absolute Gasteiger partial charge is 0.344 e. The first kappa shape index (κ1) is 29.0. The van der Waals surface area contributed by atoms with Gasteiger partial charge in [-0.3, -0.25) is 19.0 Å². The van der Waals surface area contributed by atoms with Crippen molar-refractivity contribution in [3.8, 4) is 0 Å². The van der Waals surface area contributed by atoms with Crippen LogP contribution in [0.15, 0.2) is 77.6 Å².